The van der Waals surface area contributed by atoms with Gasteiger partial charge in [0.2, 0.25) is 0 Å². The zero-order valence-corrected chi connectivity index (χ0v) is 8.18. The molecule has 0 saturated carbocycles. The van der Waals surface area contributed by atoms with Gasteiger partial charge in [0.25, 0.3) is 0 Å². The van der Waals surface area contributed by atoms with Gasteiger partial charge in [0.05, 0.1) is 0 Å². The van der Waals surface area contributed by atoms with Gasteiger partial charge in [-0.1, -0.05) is 26.2 Å². The molecule has 0 rings (SSSR count). The lowest BCUT2D eigenvalue weighted by Crippen LogP contribution is -1.98. The maximum absolute atomic E-state index is 10.5. The fourth-order valence-corrected chi connectivity index (χ4v) is 1.40. The molecule has 0 aromatic heterocycles. The fraction of sp³-hybridized carbons (Fsp3) is 1.00. The first kappa shape index (κ1) is 11.4. The zero-order valence-electron chi connectivity index (χ0n) is 6.53. The lowest BCUT2D eigenvalue weighted by atomic mass is 10.2. The van der Waals surface area contributed by atoms with E-state index in [1.807, 2.05) is 6.92 Å². The molecule has 5 heteroatoms. The maximum Gasteiger partial charge on any atom is 0.343 e. The third-order valence-electron chi connectivity index (χ3n) is 1.41. The number of hydrogen-bond acceptors (Lipinski definition) is 1. The molecule has 68 valence electrons. The maximum atomic E-state index is 10.5. The predicted octanol–water partition coefficient (Wildman–Crippen LogP) is 2.31. The van der Waals surface area contributed by atoms with Crippen molar-refractivity contribution >= 4 is 19.2 Å². The van der Waals surface area contributed by atoms with Crippen LogP contribution in [0.4, 0.5) is 0 Å². The van der Waals surface area contributed by atoms with Crippen LogP contribution >= 0.6 is 19.2 Å². The summed E-state index contributed by atoms with van der Waals surface area (Å²) in [5.74, 6) is 0. The summed E-state index contributed by atoms with van der Waals surface area (Å²) in [6.45, 7) is 2.03. The molecule has 0 bridgehead atoms. The van der Waals surface area contributed by atoms with Gasteiger partial charge in [-0.15, -0.1) is 11.6 Å². The number of unbranched alkanes of at least 4 members (excludes halogenated alkanes) is 2. The molecule has 0 aromatic rings. The van der Waals surface area contributed by atoms with Crippen LogP contribution in [0.2, 0.25) is 0 Å². The van der Waals surface area contributed by atoms with Crippen molar-refractivity contribution in [1.82, 2.24) is 0 Å². The van der Waals surface area contributed by atoms with E-state index in [0.29, 0.717) is 6.42 Å². The predicted molar refractivity (Wildman–Crippen MR) is 45.8 cm³/mol. The topological polar surface area (TPSA) is 57.5 Å². The SMILES string of the molecule is CCCCCC(Cl)P(=O)(O)O. The van der Waals surface area contributed by atoms with Crippen LogP contribution in [0, 0.1) is 0 Å². The number of rotatable bonds is 5. The Balaban J connectivity index is 3.53. The second-order valence-electron chi connectivity index (χ2n) is 2.52. The summed E-state index contributed by atoms with van der Waals surface area (Å²) in [6, 6.07) is 0. The molecule has 0 aliphatic heterocycles. The molecule has 1 atom stereocenters. The van der Waals surface area contributed by atoms with Gasteiger partial charge in [-0.2, -0.15) is 0 Å². The minimum absolute atomic E-state index is 0.402. The normalized spacial score (nSPS) is 14.9. The monoisotopic (exact) mass is 200 g/mol. The molecule has 0 aromatic carbocycles. The van der Waals surface area contributed by atoms with Crippen LogP contribution in [-0.4, -0.2) is 14.9 Å². The molecule has 1 unspecified atom stereocenters. The van der Waals surface area contributed by atoms with E-state index in [-0.39, 0.29) is 0 Å². The zero-order chi connectivity index (χ0) is 8.91. The van der Waals surface area contributed by atoms with Crippen molar-refractivity contribution in [3.63, 3.8) is 0 Å². The molecular weight excluding hydrogens is 186 g/mol. The van der Waals surface area contributed by atoms with Gasteiger partial charge in [-0.05, 0) is 6.42 Å². The lowest BCUT2D eigenvalue weighted by molar-refractivity contribution is 0.365. The van der Waals surface area contributed by atoms with Crippen molar-refractivity contribution in [1.29, 1.82) is 0 Å². The average molecular weight is 201 g/mol. The highest BCUT2D eigenvalue weighted by Crippen LogP contribution is 2.45. The highest BCUT2D eigenvalue weighted by molar-refractivity contribution is 7.54. The second-order valence-corrected chi connectivity index (χ2v) is 5.15. The number of hydrogen-bond donors (Lipinski definition) is 2. The molecule has 0 aliphatic carbocycles. The largest absolute Gasteiger partial charge is 0.343 e. The summed E-state index contributed by atoms with van der Waals surface area (Å²) in [5, 5.41) is -0.992. The molecule has 11 heavy (non-hydrogen) atoms. The van der Waals surface area contributed by atoms with Crippen molar-refractivity contribution in [2.75, 3.05) is 0 Å². The van der Waals surface area contributed by atoms with Crippen LogP contribution in [0.15, 0.2) is 0 Å². The molecule has 0 amide bonds. The molecule has 0 fully saturated rings. The van der Waals surface area contributed by atoms with Gasteiger partial charge in [0.1, 0.15) is 5.12 Å². The Morgan fingerprint density at radius 1 is 1.45 bits per heavy atom. The first-order valence-electron chi connectivity index (χ1n) is 3.67. The number of alkyl halides is 1. The molecule has 2 N–H and O–H groups in total. The second kappa shape index (κ2) is 5.15. The van der Waals surface area contributed by atoms with E-state index in [1.54, 1.807) is 0 Å². The molecule has 0 saturated heterocycles. The van der Waals surface area contributed by atoms with Crippen LogP contribution in [-0.2, 0) is 4.57 Å². The third-order valence-corrected chi connectivity index (χ3v) is 3.38. The lowest BCUT2D eigenvalue weighted by Gasteiger charge is -2.09. The van der Waals surface area contributed by atoms with Gasteiger partial charge >= 0.3 is 7.60 Å². The first-order valence-corrected chi connectivity index (χ1v) is 5.79. The van der Waals surface area contributed by atoms with Gasteiger partial charge in [0.15, 0.2) is 0 Å². The van der Waals surface area contributed by atoms with E-state index in [1.165, 1.54) is 0 Å². The summed E-state index contributed by atoms with van der Waals surface area (Å²) in [6.07, 6.45) is 3.20. The van der Waals surface area contributed by atoms with Gasteiger partial charge in [0, 0.05) is 0 Å². The Labute approximate surface area is 71.9 Å². The Bertz CT molecular complexity index is 145. The summed E-state index contributed by atoms with van der Waals surface area (Å²) in [5.41, 5.74) is 0. The third kappa shape index (κ3) is 5.68. The quantitative estimate of drug-likeness (QED) is 0.407. The van der Waals surface area contributed by atoms with Crippen LogP contribution < -0.4 is 0 Å². The van der Waals surface area contributed by atoms with Gasteiger partial charge in [-0.25, -0.2) is 0 Å². The summed E-state index contributed by atoms with van der Waals surface area (Å²) in [7, 11) is -4.03. The van der Waals surface area contributed by atoms with Crippen molar-refractivity contribution in [2.45, 2.75) is 37.7 Å². The van der Waals surface area contributed by atoms with Gasteiger partial charge in [-0.3, -0.25) is 4.57 Å². The highest BCUT2D eigenvalue weighted by Gasteiger charge is 2.25. The molecule has 0 radical (unpaired) electrons. The van der Waals surface area contributed by atoms with E-state index in [2.05, 4.69) is 0 Å². The molecule has 0 heterocycles. The Kier molecular flexibility index (Phi) is 5.36. The van der Waals surface area contributed by atoms with Crippen LogP contribution in [0.3, 0.4) is 0 Å². The summed E-state index contributed by atoms with van der Waals surface area (Å²) < 4.78 is 10.5. The summed E-state index contributed by atoms with van der Waals surface area (Å²) in [4.78, 5) is 17.1. The average Bonchev–Trinajstić information content (AvgIpc) is 1.86. The van der Waals surface area contributed by atoms with Crippen molar-refractivity contribution in [3.05, 3.63) is 0 Å². The molecular formula is C6H14ClO3P. The Morgan fingerprint density at radius 2 is 2.00 bits per heavy atom. The highest BCUT2D eigenvalue weighted by atomic mass is 35.5. The first-order chi connectivity index (χ1) is 4.98. The smallest absolute Gasteiger partial charge is 0.323 e. The van der Waals surface area contributed by atoms with E-state index in [9.17, 15) is 4.57 Å². The van der Waals surface area contributed by atoms with Crippen molar-refractivity contribution < 1.29 is 14.4 Å². The molecule has 3 nitrogen and oxygen atoms in total. The minimum atomic E-state index is -4.03. The van der Waals surface area contributed by atoms with Gasteiger partial charge < -0.3 is 9.79 Å². The van der Waals surface area contributed by atoms with E-state index < -0.39 is 12.7 Å². The standard InChI is InChI=1S/C6H14ClO3P/c1-2-3-4-5-6(7)11(8,9)10/h6H,2-5H2,1H3,(H2,8,9,10). The molecule has 0 spiro atoms. The fourth-order valence-electron chi connectivity index (χ4n) is 0.731. The van der Waals surface area contributed by atoms with Crippen molar-refractivity contribution in [2.24, 2.45) is 0 Å². The van der Waals surface area contributed by atoms with Crippen molar-refractivity contribution in [3.8, 4) is 0 Å². The Morgan fingerprint density at radius 3 is 2.36 bits per heavy atom. The van der Waals surface area contributed by atoms with Crippen LogP contribution in [0.5, 0.6) is 0 Å². The van der Waals surface area contributed by atoms with E-state index in [4.69, 9.17) is 21.4 Å². The summed E-state index contributed by atoms with van der Waals surface area (Å²) >= 11 is 5.43. The van der Waals surface area contributed by atoms with E-state index >= 15 is 0 Å². The molecule has 0 aliphatic rings. The minimum Gasteiger partial charge on any atom is -0.323 e. The van der Waals surface area contributed by atoms with Crippen LogP contribution in [0.25, 0.3) is 0 Å². The Hall–Kier alpha value is 0.440. The van der Waals surface area contributed by atoms with E-state index in [0.717, 1.165) is 19.3 Å². The van der Waals surface area contributed by atoms with Crippen LogP contribution in [0.1, 0.15) is 32.6 Å². The number of halogens is 1.